The molecule has 0 radical (unpaired) electrons. The molecule has 2 atom stereocenters. The summed E-state index contributed by atoms with van der Waals surface area (Å²) in [6.07, 6.45) is 3.47. The Morgan fingerprint density at radius 1 is 1.23 bits per heavy atom. The lowest BCUT2D eigenvalue weighted by Crippen LogP contribution is -2.49. The van der Waals surface area contributed by atoms with E-state index >= 15 is 0 Å². The Bertz CT molecular complexity index is 1110. The summed E-state index contributed by atoms with van der Waals surface area (Å²) in [6, 6.07) is 11.8. The zero-order valence-electron chi connectivity index (χ0n) is 16.2. The first kappa shape index (κ1) is 20.8. The van der Waals surface area contributed by atoms with Crippen molar-refractivity contribution in [2.75, 3.05) is 17.2 Å². The molecule has 4 rings (SSSR count). The van der Waals surface area contributed by atoms with Crippen LogP contribution in [0.2, 0.25) is 5.02 Å². The largest absolute Gasteiger partial charge is 0.396 e. The Balaban J connectivity index is 1.46. The molecule has 31 heavy (non-hydrogen) atoms. The van der Waals surface area contributed by atoms with E-state index in [0.717, 1.165) is 0 Å². The summed E-state index contributed by atoms with van der Waals surface area (Å²) in [5.41, 5.74) is -0.392. The van der Waals surface area contributed by atoms with Crippen LogP contribution in [0.3, 0.4) is 0 Å². The quantitative estimate of drug-likeness (QED) is 0.469. The average Bonchev–Trinajstić information content (AvgIpc) is 3.18. The minimum Gasteiger partial charge on any atom is -0.396 e. The lowest BCUT2D eigenvalue weighted by molar-refractivity contribution is -0.119. The van der Waals surface area contributed by atoms with E-state index in [4.69, 9.17) is 11.6 Å². The summed E-state index contributed by atoms with van der Waals surface area (Å²) >= 11 is 5.83. The fourth-order valence-corrected chi connectivity index (χ4v) is 3.47. The number of aliphatic hydroxyl groups excluding tert-OH is 1. The third-order valence-corrected chi connectivity index (χ3v) is 5.39. The summed E-state index contributed by atoms with van der Waals surface area (Å²) in [6.45, 7) is -0.296. The molecule has 3 aromatic rings. The predicted molar refractivity (Wildman–Crippen MR) is 114 cm³/mol. The van der Waals surface area contributed by atoms with Gasteiger partial charge in [0.25, 0.3) is 5.91 Å². The van der Waals surface area contributed by atoms with Gasteiger partial charge in [0.1, 0.15) is 11.4 Å². The van der Waals surface area contributed by atoms with E-state index in [0.29, 0.717) is 16.4 Å². The summed E-state index contributed by atoms with van der Waals surface area (Å²) in [4.78, 5) is 25.3. The Morgan fingerprint density at radius 2 is 2.00 bits per heavy atom. The smallest absolute Gasteiger partial charge is 0.320 e. The molecule has 1 aliphatic carbocycles. The van der Waals surface area contributed by atoms with Crippen molar-refractivity contribution in [2.24, 2.45) is 5.92 Å². The molecular formula is C21H19ClFN5O3. The van der Waals surface area contributed by atoms with Gasteiger partial charge in [-0.05, 0) is 48.9 Å². The van der Waals surface area contributed by atoms with Crippen LogP contribution in [-0.2, 0) is 4.79 Å². The molecule has 0 unspecified atom stereocenters. The van der Waals surface area contributed by atoms with Crippen molar-refractivity contribution < 1.29 is 19.1 Å². The highest BCUT2D eigenvalue weighted by molar-refractivity contribution is 6.30. The van der Waals surface area contributed by atoms with Crippen LogP contribution >= 0.6 is 11.6 Å². The molecule has 1 fully saturated rings. The van der Waals surface area contributed by atoms with E-state index in [2.05, 4.69) is 21.0 Å². The van der Waals surface area contributed by atoms with Gasteiger partial charge in [-0.25, -0.2) is 13.9 Å². The molecule has 0 aliphatic heterocycles. The fraction of sp³-hybridized carbons (Fsp3) is 0.190. The lowest BCUT2D eigenvalue weighted by atomic mass is 10.1. The van der Waals surface area contributed by atoms with Crippen molar-refractivity contribution in [3.05, 3.63) is 71.8 Å². The number of amides is 3. The number of rotatable bonds is 6. The van der Waals surface area contributed by atoms with E-state index in [1.165, 1.54) is 16.8 Å². The van der Waals surface area contributed by atoms with Gasteiger partial charge in [-0.15, -0.1) is 0 Å². The van der Waals surface area contributed by atoms with Gasteiger partial charge >= 0.3 is 6.03 Å². The Labute approximate surface area is 182 Å². The van der Waals surface area contributed by atoms with Crippen LogP contribution in [-0.4, -0.2) is 39.0 Å². The SMILES string of the molecule is O=C(Nc1ccc(Cl)cc1)N[C@@]1(C(=O)Nc2ccc(-n3cccn3)cc2F)C[C@@H]1CO. The van der Waals surface area contributed by atoms with Gasteiger partial charge in [0, 0.05) is 41.7 Å². The number of nitrogens with zero attached hydrogens (tertiary/aromatic N) is 2. The first-order chi connectivity index (χ1) is 14.9. The number of benzene rings is 2. The van der Waals surface area contributed by atoms with Crippen molar-refractivity contribution in [1.29, 1.82) is 0 Å². The molecule has 0 saturated heterocycles. The van der Waals surface area contributed by atoms with E-state index in [1.807, 2.05) is 0 Å². The number of hydrogen-bond acceptors (Lipinski definition) is 4. The summed E-state index contributed by atoms with van der Waals surface area (Å²) in [5.74, 6) is -1.73. The number of hydrogen-bond donors (Lipinski definition) is 4. The second-order valence-corrected chi connectivity index (χ2v) is 7.65. The minimum atomic E-state index is -1.33. The second-order valence-electron chi connectivity index (χ2n) is 7.21. The molecule has 1 aromatic heterocycles. The Hall–Kier alpha value is -3.43. The number of urea groups is 1. The predicted octanol–water partition coefficient (Wildman–Crippen LogP) is 3.18. The molecule has 4 N–H and O–H groups in total. The highest BCUT2D eigenvalue weighted by atomic mass is 35.5. The van der Waals surface area contributed by atoms with Crippen molar-refractivity contribution in [1.82, 2.24) is 15.1 Å². The molecule has 1 aliphatic rings. The number of carbonyl (C=O) groups is 2. The van der Waals surface area contributed by atoms with Crippen molar-refractivity contribution >= 4 is 34.9 Å². The maximum atomic E-state index is 14.6. The van der Waals surface area contributed by atoms with Gasteiger partial charge in [-0.3, -0.25) is 4.79 Å². The standard InChI is InChI=1S/C21H19ClFN5O3/c22-14-2-4-15(5-3-14)25-20(31)27-21(11-13(21)12-29)19(30)26-18-7-6-16(10-17(18)23)28-9-1-8-24-28/h1-10,13,29H,11-12H2,(H,26,30)(H2,25,27,31)/t13-,21+/m1/s1. The van der Waals surface area contributed by atoms with Crippen molar-refractivity contribution in [3.63, 3.8) is 0 Å². The van der Waals surface area contributed by atoms with Gasteiger partial charge in [0.2, 0.25) is 0 Å². The van der Waals surface area contributed by atoms with E-state index < -0.39 is 29.2 Å². The summed E-state index contributed by atoms with van der Waals surface area (Å²) in [5, 5.41) is 21.8. The molecule has 2 aromatic carbocycles. The van der Waals surface area contributed by atoms with Crippen LogP contribution in [0, 0.1) is 11.7 Å². The molecule has 1 saturated carbocycles. The fourth-order valence-electron chi connectivity index (χ4n) is 3.34. The maximum Gasteiger partial charge on any atom is 0.320 e. The lowest BCUT2D eigenvalue weighted by Gasteiger charge is -2.20. The zero-order chi connectivity index (χ0) is 22.0. The molecule has 160 valence electrons. The van der Waals surface area contributed by atoms with E-state index in [1.54, 1.807) is 48.8 Å². The number of anilines is 2. The molecule has 10 heteroatoms. The van der Waals surface area contributed by atoms with Crippen LogP contribution in [0.5, 0.6) is 0 Å². The van der Waals surface area contributed by atoms with Gasteiger partial charge in [0.15, 0.2) is 0 Å². The first-order valence-electron chi connectivity index (χ1n) is 9.48. The summed E-state index contributed by atoms with van der Waals surface area (Å²) in [7, 11) is 0. The molecule has 0 spiro atoms. The number of halogens is 2. The normalized spacial score (nSPS) is 19.5. The average molecular weight is 444 g/mol. The van der Waals surface area contributed by atoms with Gasteiger partial charge < -0.3 is 21.1 Å². The van der Waals surface area contributed by atoms with Gasteiger partial charge in [0.05, 0.1) is 11.4 Å². The monoisotopic (exact) mass is 443 g/mol. The van der Waals surface area contributed by atoms with Gasteiger partial charge in [-0.2, -0.15) is 5.10 Å². The third kappa shape index (κ3) is 4.37. The maximum absolute atomic E-state index is 14.6. The Kier molecular flexibility index (Phi) is 5.62. The highest BCUT2D eigenvalue weighted by Gasteiger charge is 2.61. The zero-order valence-corrected chi connectivity index (χ0v) is 16.9. The Morgan fingerprint density at radius 3 is 2.61 bits per heavy atom. The van der Waals surface area contributed by atoms with Crippen molar-refractivity contribution in [2.45, 2.75) is 12.0 Å². The highest BCUT2D eigenvalue weighted by Crippen LogP contribution is 2.44. The number of carbonyl (C=O) groups excluding carboxylic acids is 2. The third-order valence-electron chi connectivity index (χ3n) is 5.14. The van der Waals surface area contributed by atoms with Crippen LogP contribution in [0.15, 0.2) is 60.9 Å². The van der Waals surface area contributed by atoms with Crippen molar-refractivity contribution in [3.8, 4) is 5.69 Å². The van der Waals surface area contributed by atoms with E-state index in [-0.39, 0.29) is 18.7 Å². The van der Waals surface area contributed by atoms with Crippen LogP contribution in [0.25, 0.3) is 5.69 Å². The van der Waals surface area contributed by atoms with Crippen LogP contribution in [0.4, 0.5) is 20.6 Å². The molecule has 1 heterocycles. The molecular weight excluding hydrogens is 425 g/mol. The van der Waals surface area contributed by atoms with E-state index in [9.17, 15) is 19.1 Å². The van der Waals surface area contributed by atoms with Crippen LogP contribution in [0.1, 0.15) is 6.42 Å². The number of aromatic nitrogens is 2. The van der Waals surface area contributed by atoms with Crippen LogP contribution < -0.4 is 16.0 Å². The second kappa shape index (κ2) is 8.37. The van der Waals surface area contributed by atoms with Gasteiger partial charge in [-0.1, -0.05) is 11.6 Å². The first-order valence-corrected chi connectivity index (χ1v) is 9.86. The number of nitrogens with one attached hydrogen (secondary N) is 3. The summed E-state index contributed by atoms with van der Waals surface area (Å²) < 4.78 is 16.0. The number of aliphatic hydroxyl groups is 1. The molecule has 8 nitrogen and oxygen atoms in total. The topological polar surface area (TPSA) is 108 Å². The molecule has 3 amide bonds. The molecule has 0 bridgehead atoms. The minimum absolute atomic E-state index is 0.0382.